The van der Waals surface area contributed by atoms with Crippen molar-refractivity contribution in [2.24, 2.45) is 0 Å². The third kappa shape index (κ3) is 10.1. The van der Waals surface area contributed by atoms with Crippen LogP contribution in [0.1, 0.15) is 41.5 Å². The molecule has 0 amide bonds. The van der Waals surface area contributed by atoms with E-state index in [1.165, 1.54) is 11.4 Å². The van der Waals surface area contributed by atoms with E-state index < -0.39 is 18.0 Å². The van der Waals surface area contributed by atoms with Gasteiger partial charge in [-0.25, -0.2) is 4.57 Å². The maximum absolute atomic E-state index is 12.6. The summed E-state index contributed by atoms with van der Waals surface area (Å²) in [6, 6.07) is 0. The Morgan fingerprint density at radius 1 is 1.00 bits per heavy atom. The van der Waals surface area contributed by atoms with E-state index >= 15 is 0 Å². The summed E-state index contributed by atoms with van der Waals surface area (Å²) in [6.45, 7) is 8.12. The highest BCUT2D eigenvalue weighted by atomic mass is 32.7. The highest BCUT2D eigenvalue weighted by molar-refractivity contribution is 8.55. The van der Waals surface area contributed by atoms with Crippen molar-refractivity contribution in [3.8, 4) is 0 Å². The zero-order valence-corrected chi connectivity index (χ0v) is 13.9. The average molecular weight is 283 g/mol. The second kappa shape index (κ2) is 6.07. The maximum atomic E-state index is 12.6. The second-order valence-corrected chi connectivity index (χ2v) is 10.1. The molecule has 6 heteroatoms. The van der Waals surface area contributed by atoms with E-state index in [4.69, 9.17) is 9.05 Å². The lowest BCUT2D eigenvalue weighted by Crippen LogP contribution is -2.23. The van der Waals surface area contributed by atoms with Crippen LogP contribution in [0.3, 0.4) is 0 Å². The minimum Gasteiger partial charge on any atom is -0.300 e. The van der Waals surface area contributed by atoms with Crippen LogP contribution in [-0.4, -0.2) is 36.1 Å². The van der Waals surface area contributed by atoms with Gasteiger partial charge in [0.15, 0.2) is 0 Å². The first kappa shape index (κ1) is 17.5. The Kier molecular flexibility index (Phi) is 6.23. The highest BCUT2D eigenvalue weighted by Gasteiger charge is 2.36. The van der Waals surface area contributed by atoms with Gasteiger partial charge in [-0.2, -0.15) is 0 Å². The Labute approximate surface area is 110 Å². The summed E-state index contributed by atoms with van der Waals surface area (Å²) >= 11 is 1.22. The molecule has 0 aromatic carbocycles. The SMILES string of the molecule is CN(C)CSP(=O)(OC(C)(C)C)OC(C)(C)C. The van der Waals surface area contributed by atoms with E-state index in [1.807, 2.05) is 60.5 Å². The molecule has 4 nitrogen and oxygen atoms in total. The smallest absolute Gasteiger partial charge is 0.300 e. The van der Waals surface area contributed by atoms with Crippen LogP contribution in [0.25, 0.3) is 0 Å². The molecule has 0 aromatic heterocycles. The summed E-state index contributed by atoms with van der Waals surface area (Å²) in [7, 11) is 3.84. The van der Waals surface area contributed by atoms with Crippen molar-refractivity contribution in [1.82, 2.24) is 4.90 Å². The van der Waals surface area contributed by atoms with E-state index in [9.17, 15) is 4.57 Å². The van der Waals surface area contributed by atoms with E-state index in [-0.39, 0.29) is 0 Å². The highest BCUT2D eigenvalue weighted by Crippen LogP contribution is 2.64. The van der Waals surface area contributed by atoms with Crippen molar-refractivity contribution in [3.63, 3.8) is 0 Å². The number of nitrogens with zero attached hydrogens (tertiary/aromatic N) is 1. The monoisotopic (exact) mass is 283 g/mol. The maximum Gasteiger partial charge on any atom is 0.391 e. The topological polar surface area (TPSA) is 38.8 Å². The molecule has 0 spiro atoms. The molecule has 0 unspecified atom stereocenters. The average Bonchev–Trinajstić information content (AvgIpc) is 1.93. The van der Waals surface area contributed by atoms with Crippen LogP contribution >= 0.6 is 18.2 Å². The summed E-state index contributed by atoms with van der Waals surface area (Å²) in [5.41, 5.74) is -0.972. The molecular weight excluding hydrogens is 257 g/mol. The summed E-state index contributed by atoms with van der Waals surface area (Å²) < 4.78 is 23.9. The molecule has 0 fully saturated rings. The van der Waals surface area contributed by atoms with Crippen LogP contribution in [0.5, 0.6) is 0 Å². The van der Waals surface area contributed by atoms with Gasteiger partial charge < -0.3 is 0 Å². The van der Waals surface area contributed by atoms with Crippen LogP contribution < -0.4 is 0 Å². The normalized spacial score (nSPS) is 14.4. The lowest BCUT2D eigenvalue weighted by molar-refractivity contribution is 0.0591. The fourth-order valence-electron chi connectivity index (χ4n) is 0.928. The molecule has 0 aromatic rings. The Morgan fingerprint density at radius 3 is 1.59 bits per heavy atom. The van der Waals surface area contributed by atoms with Crippen molar-refractivity contribution in [1.29, 1.82) is 0 Å². The van der Waals surface area contributed by atoms with Gasteiger partial charge in [-0.05, 0) is 67.0 Å². The van der Waals surface area contributed by atoms with Gasteiger partial charge in [0.2, 0.25) is 0 Å². The second-order valence-electron chi connectivity index (χ2n) is 6.19. The van der Waals surface area contributed by atoms with Crippen molar-refractivity contribution in [2.45, 2.75) is 52.7 Å². The first-order valence-electron chi connectivity index (χ1n) is 5.64. The van der Waals surface area contributed by atoms with Crippen molar-refractivity contribution in [3.05, 3.63) is 0 Å². The van der Waals surface area contributed by atoms with E-state index in [0.29, 0.717) is 5.88 Å². The van der Waals surface area contributed by atoms with Crippen LogP contribution in [0.15, 0.2) is 0 Å². The predicted octanol–water partition coefficient (Wildman–Crippen LogP) is 3.98. The van der Waals surface area contributed by atoms with E-state index in [0.717, 1.165) is 0 Å². The van der Waals surface area contributed by atoms with E-state index in [1.54, 1.807) is 0 Å². The molecule has 0 N–H and O–H groups in total. The Morgan fingerprint density at radius 2 is 1.35 bits per heavy atom. The fourth-order valence-corrected chi connectivity index (χ4v) is 5.56. The van der Waals surface area contributed by atoms with Gasteiger partial charge in [0.25, 0.3) is 0 Å². The first-order chi connectivity index (χ1) is 7.33. The molecule has 0 heterocycles. The van der Waals surface area contributed by atoms with Crippen molar-refractivity contribution in [2.75, 3.05) is 20.0 Å². The van der Waals surface area contributed by atoms with Crippen LogP contribution in [0.4, 0.5) is 0 Å². The van der Waals surface area contributed by atoms with Gasteiger partial charge in [0, 0.05) is 0 Å². The zero-order valence-electron chi connectivity index (χ0n) is 12.2. The molecule has 0 saturated carbocycles. The minimum absolute atomic E-state index is 0.486. The van der Waals surface area contributed by atoms with Crippen molar-refractivity contribution < 1.29 is 13.6 Å². The van der Waals surface area contributed by atoms with Gasteiger partial charge in [0.05, 0.1) is 17.1 Å². The summed E-state index contributed by atoms with van der Waals surface area (Å²) in [5.74, 6) is 0.601. The fraction of sp³-hybridized carbons (Fsp3) is 1.00. The van der Waals surface area contributed by atoms with E-state index in [2.05, 4.69) is 0 Å². The molecule has 0 aliphatic carbocycles. The van der Waals surface area contributed by atoms with Crippen LogP contribution in [-0.2, 0) is 13.6 Å². The number of hydrogen-bond donors (Lipinski definition) is 0. The summed E-state index contributed by atoms with van der Waals surface area (Å²) in [6.07, 6.45) is 0. The molecule has 0 rings (SSSR count). The van der Waals surface area contributed by atoms with Gasteiger partial charge in [-0.1, -0.05) is 0 Å². The Balaban J connectivity index is 4.76. The van der Waals surface area contributed by atoms with Crippen LogP contribution in [0.2, 0.25) is 0 Å². The minimum atomic E-state index is -3.14. The predicted molar refractivity (Wildman–Crippen MR) is 75.4 cm³/mol. The largest absolute Gasteiger partial charge is 0.391 e. The molecule has 0 aliphatic heterocycles. The number of hydrogen-bond acceptors (Lipinski definition) is 5. The molecule has 104 valence electrons. The molecule has 0 atom stereocenters. The van der Waals surface area contributed by atoms with Crippen molar-refractivity contribution >= 4 is 18.2 Å². The lowest BCUT2D eigenvalue weighted by atomic mass is 10.2. The Hall–Kier alpha value is 0.460. The molecule has 0 bridgehead atoms. The quantitative estimate of drug-likeness (QED) is 0.563. The lowest BCUT2D eigenvalue weighted by Gasteiger charge is -2.31. The van der Waals surface area contributed by atoms with Gasteiger partial charge >= 0.3 is 6.80 Å². The number of rotatable bonds is 5. The standard InChI is InChI=1S/C11H26NO3PS/c1-10(2,3)14-16(13,15-11(4,5)6)17-9-12(7)8/h9H2,1-8H3. The molecule has 0 saturated heterocycles. The third-order valence-corrected chi connectivity index (χ3v) is 5.48. The van der Waals surface area contributed by atoms with Gasteiger partial charge in [-0.3, -0.25) is 13.9 Å². The van der Waals surface area contributed by atoms with Gasteiger partial charge in [-0.15, -0.1) is 0 Å². The zero-order chi connectivity index (χ0) is 13.9. The first-order valence-corrected chi connectivity index (χ1v) is 8.77. The Bertz CT molecular complexity index is 261. The van der Waals surface area contributed by atoms with Crippen LogP contribution in [0, 0.1) is 0 Å². The van der Waals surface area contributed by atoms with Gasteiger partial charge in [0.1, 0.15) is 0 Å². The molecular formula is C11H26NO3PS. The third-order valence-electron chi connectivity index (χ3n) is 1.25. The summed E-state index contributed by atoms with van der Waals surface area (Å²) in [4.78, 5) is 1.94. The summed E-state index contributed by atoms with van der Waals surface area (Å²) in [5, 5.41) is 0. The molecule has 0 radical (unpaired) electrons. The molecule has 0 aliphatic rings. The molecule has 17 heavy (non-hydrogen) atoms.